The summed E-state index contributed by atoms with van der Waals surface area (Å²) in [5, 5.41) is 15.7. The Kier molecular flexibility index (Phi) is 10.5. The average Bonchev–Trinajstić information content (AvgIpc) is 2.13. The van der Waals surface area contributed by atoms with Crippen molar-refractivity contribution in [2.45, 2.75) is 24.3 Å². The summed E-state index contributed by atoms with van der Waals surface area (Å²) in [5.41, 5.74) is 0. The van der Waals surface area contributed by atoms with Gasteiger partial charge in [0.05, 0.1) is 11.9 Å². The molecule has 0 aliphatic rings. The zero-order valence-corrected chi connectivity index (χ0v) is 14.4. The maximum atomic E-state index is 9.91. The van der Waals surface area contributed by atoms with Crippen LogP contribution in [0.25, 0.3) is 0 Å². The summed E-state index contributed by atoms with van der Waals surface area (Å²) in [5.74, 6) is -3.62. The first-order valence-corrected chi connectivity index (χ1v) is 7.06. The van der Waals surface area contributed by atoms with Crippen LogP contribution in [-0.2, 0) is 49.3 Å². The van der Waals surface area contributed by atoms with Crippen LogP contribution in [-0.4, -0.2) is 48.4 Å². The Hall–Kier alpha value is -0.617. The minimum Gasteiger partial charge on any atom is -0.549 e. The Balaban J connectivity index is -0.000000256. The average molecular weight is 372 g/mol. The van der Waals surface area contributed by atoms with E-state index in [-0.39, 0.29) is 19.5 Å². The van der Waals surface area contributed by atoms with Crippen molar-refractivity contribution in [3.8, 4) is 0 Å². The molecule has 0 bridgehead atoms. The van der Waals surface area contributed by atoms with Gasteiger partial charge in [-0.05, 0) is 13.8 Å². The summed E-state index contributed by atoms with van der Waals surface area (Å²) in [6.45, 7) is 1.65. The van der Waals surface area contributed by atoms with E-state index in [9.17, 15) is 36.6 Å². The molecule has 19 heavy (non-hydrogen) atoms. The third-order valence-corrected chi connectivity index (χ3v) is 3.73. The Morgan fingerprint density at radius 3 is 1.00 bits per heavy atom. The molecule has 0 aliphatic heterocycles. The molecule has 0 saturated heterocycles. The van der Waals surface area contributed by atoms with Gasteiger partial charge >= 0.3 is 19.5 Å². The van der Waals surface area contributed by atoms with E-state index in [1.807, 2.05) is 0 Å². The van der Waals surface area contributed by atoms with Crippen molar-refractivity contribution in [1.82, 2.24) is 0 Å². The molecule has 2 unspecified atom stereocenters. The van der Waals surface area contributed by atoms with Crippen molar-refractivity contribution in [3.63, 3.8) is 0 Å². The van der Waals surface area contributed by atoms with Crippen molar-refractivity contribution in [3.05, 3.63) is 0 Å². The summed E-state index contributed by atoms with van der Waals surface area (Å²) in [6, 6.07) is 0. The maximum Gasteiger partial charge on any atom is 2.00 e. The van der Waals surface area contributed by atoms with Crippen molar-refractivity contribution in [2.75, 3.05) is 0 Å². The van der Waals surface area contributed by atoms with E-state index in [1.54, 1.807) is 0 Å². The standard InChI is InChI=1S/2C3H6O5S.Zn/c2*1-2(3(4)5)9(6,7)8;/h2*2H,1H3,(H,4,5)(H,6,7,8);/q;;+2/p-2. The van der Waals surface area contributed by atoms with Gasteiger partial charge < -0.3 is 19.8 Å². The van der Waals surface area contributed by atoms with E-state index < -0.39 is 42.7 Å². The second-order valence-corrected chi connectivity index (χ2v) is 6.43. The largest absolute Gasteiger partial charge is 2.00 e. The van der Waals surface area contributed by atoms with Crippen molar-refractivity contribution in [1.29, 1.82) is 0 Å². The Morgan fingerprint density at radius 2 is 1.00 bits per heavy atom. The number of carbonyl (C=O) groups excluding carboxylic acids is 2. The summed E-state index contributed by atoms with van der Waals surface area (Å²) < 4.78 is 55.6. The molecule has 0 heterocycles. The van der Waals surface area contributed by atoms with Crippen LogP contribution in [0, 0.1) is 0 Å². The van der Waals surface area contributed by atoms with Crippen molar-refractivity contribution < 1.29 is 65.2 Å². The first kappa shape index (κ1) is 23.5. The van der Waals surface area contributed by atoms with E-state index in [4.69, 9.17) is 9.11 Å². The predicted octanol–water partition coefficient (Wildman–Crippen LogP) is -3.98. The van der Waals surface area contributed by atoms with Crippen molar-refractivity contribution in [2.24, 2.45) is 0 Å². The minimum atomic E-state index is -4.46. The van der Waals surface area contributed by atoms with E-state index in [1.165, 1.54) is 0 Å². The van der Waals surface area contributed by atoms with Gasteiger partial charge in [0.2, 0.25) is 0 Å². The van der Waals surface area contributed by atoms with Crippen LogP contribution in [0.15, 0.2) is 0 Å². The van der Waals surface area contributed by atoms with Gasteiger partial charge in [0.25, 0.3) is 20.2 Å². The van der Waals surface area contributed by atoms with Gasteiger partial charge in [0, 0.05) is 0 Å². The molecule has 0 aliphatic carbocycles. The van der Waals surface area contributed by atoms with Gasteiger partial charge in [-0.2, -0.15) is 16.8 Å². The number of carboxylic acid groups (broad SMARTS) is 2. The molecule has 2 N–H and O–H groups in total. The smallest absolute Gasteiger partial charge is 0.549 e. The van der Waals surface area contributed by atoms with Crippen molar-refractivity contribution >= 4 is 32.2 Å². The van der Waals surface area contributed by atoms with Crippen LogP contribution in [0.2, 0.25) is 0 Å². The number of hydrogen-bond acceptors (Lipinski definition) is 8. The molecule has 0 radical (unpaired) electrons. The summed E-state index contributed by atoms with van der Waals surface area (Å²) >= 11 is 0. The third kappa shape index (κ3) is 10.9. The zero-order chi connectivity index (χ0) is 15.3. The molecule has 108 valence electrons. The molecule has 13 heteroatoms. The normalized spacial score (nSPS) is 14.1. The van der Waals surface area contributed by atoms with Gasteiger partial charge in [-0.15, -0.1) is 0 Å². The van der Waals surface area contributed by atoms with Gasteiger partial charge in [-0.25, -0.2) is 0 Å². The maximum absolute atomic E-state index is 9.91. The number of aliphatic carboxylic acids is 2. The van der Waals surface area contributed by atoms with E-state index in [0.717, 1.165) is 13.8 Å². The molecule has 2 atom stereocenters. The zero-order valence-electron chi connectivity index (χ0n) is 9.84. The Bertz CT molecular complexity index is 458. The van der Waals surface area contributed by atoms with Crippen LogP contribution in [0.4, 0.5) is 0 Å². The molecule has 0 amide bonds. The molecule has 0 aromatic carbocycles. The molecule has 0 aromatic rings. The Morgan fingerprint density at radius 1 is 0.842 bits per heavy atom. The predicted molar refractivity (Wildman–Crippen MR) is 52.0 cm³/mol. The summed E-state index contributed by atoms with van der Waals surface area (Å²) in [7, 11) is -8.93. The monoisotopic (exact) mass is 370 g/mol. The van der Waals surface area contributed by atoms with E-state index in [2.05, 4.69) is 0 Å². The number of carboxylic acids is 2. The fraction of sp³-hybridized carbons (Fsp3) is 0.667. The molecular weight excluding hydrogens is 362 g/mol. The van der Waals surface area contributed by atoms with Gasteiger partial charge in [0.15, 0.2) is 0 Å². The third-order valence-electron chi connectivity index (χ3n) is 1.56. The number of rotatable bonds is 4. The van der Waals surface area contributed by atoms with Crippen LogP contribution in [0.5, 0.6) is 0 Å². The fourth-order valence-corrected chi connectivity index (χ4v) is 0.730. The van der Waals surface area contributed by atoms with Crippen LogP contribution >= 0.6 is 0 Å². The number of hydrogen-bond donors (Lipinski definition) is 2. The number of carbonyl (C=O) groups is 2. The quantitative estimate of drug-likeness (QED) is 0.364. The molecule has 0 fully saturated rings. The minimum absolute atomic E-state index is 0. The van der Waals surface area contributed by atoms with Crippen LogP contribution < -0.4 is 10.2 Å². The van der Waals surface area contributed by atoms with Crippen LogP contribution in [0.3, 0.4) is 0 Å². The summed E-state index contributed by atoms with van der Waals surface area (Å²) in [6.07, 6.45) is 0. The van der Waals surface area contributed by atoms with E-state index >= 15 is 0 Å². The molecule has 0 saturated carbocycles. The van der Waals surface area contributed by atoms with Crippen LogP contribution in [0.1, 0.15) is 13.8 Å². The van der Waals surface area contributed by atoms with Gasteiger partial charge in [-0.1, -0.05) is 0 Å². The molecule has 0 aromatic heterocycles. The fourth-order valence-electron chi connectivity index (χ4n) is 0.243. The van der Waals surface area contributed by atoms with E-state index in [0.29, 0.717) is 0 Å². The molecule has 0 rings (SSSR count). The molecule has 10 nitrogen and oxygen atoms in total. The molecule has 0 spiro atoms. The summed E-state index contributed by atoms with van der Waals surface area (Å²) in [4.78, 5) is 19.4. The Labute approximate surface area is 122 Å². The first-order valence-electron chi connectivity index (χ1n) is 4.05. The molecular formula is C6H10O10S2Zn. The SMILES string of the molecule is CC(C(=O)[O-])S(=O)(=O)O.CC(C(=O)[O-])S(=O)(=O)O.[Zn+2]. The second kappa shape index (κ2) is 8.53. The first-order chi connectivity index (χ1) is 7.71. The van der Waals surface area contributed by atoms with Gasteiger partial charge in [0.1, 0.15) is 10.5 Å². The second-order valence-electron chi connectivity index (χ2n) is 2.95. The topological polar surface area (TPSA) is 189 Å². The van der Waals surface area contributed by atoms with Gasteiger partial charge in [-0.3, -0.25) is 9.11 Å².